The van der Waals surface area contributed by atoms with Gasteiger partial charge in [-0.25, -0.2) is 4.98 Å². The average molecular weight is 358 g/mol. The van der Waals surface area contributed by atoms with Crippen molar-refractivity contribution < 1.29 is 0 Å². The number of nitrogen functional groups attached to an aromatic ring is 1. The van der Waals surface area contributed by atoms with Gasteiger partial charge in [0.05, 0.1) is 5.69 Å². The molecular formula is C11H10Br2N4. The maximum atomic E-state index is 5.60. The number of rotatable bonds is 2. The largest absolute Gasteiger partial charge is 0.368 e. The minimum Gasteiger partial charge on any atom is -0.368 e. The van der Waals surface area contributed by atoms with Crippen LogP contribution in [-0.4, -0.2) is 9.97 Å². The normalized spacial score (nSPS) is 10.3. The van der Waals surface area contributed by atoms with Gasteiger partial charge in [-0.1, -0.05) is 6.07 Å². The third-order valence-corrected chi connectivity index (χ3v) is 3.41. The number of nitrogens with zero attached hydrogens (tertiary/aromatic N) is 2. The molecule has 0 aliphatic heterocycles. The molecule has 4 nitrogen and oxygen atoms in total. The number of benzene rings is 1. The van der Waals surface area contributed by atoms with Gasteiger partial charge in [-0.3, -0.25) is 0 Å². The quantitative estimate of drug-likeness (QED) is 0.861. The first-order valence-corrected chi connectivity index (χ1v) is 6.47. The Balaban J connectivity index is 2.38. The molecule has 0 saturated carbocycles. The van der Waals surface area contributed by atoms with Crippen molar-refractivity contribution >= 4 is 49.3 Å². The molecule has 0 saturated heterocycles. The first-order valence-electron chi connectivity index (χ1n) is 4.88. The molecule has 0 fully saturated rings. The minimum atomic E-state index is 0.260. The number of nitrogens with one attached hydrogen (secondary N) is 1. The summed E-state index contributed by atoms with van der Waals surface area (Å²) in [5.74, 6) is 0.929. The monoisotopic (exact) mass is 356 g/mol. The number of para-hydroxylation sites is 1. The molecular weight excluding hydrogens is 348 g/mol. The summed E-state index contributed by atoms with van der Waals surface area (Å²) in [6.07, 6.45) is 0. The highest BCUT2D eigenvalue weighted by molar-refractivity contribution is 9.11. The Morgan fingerprint density at radius 1 is 1.18 bits per heavy atom. The van der Waals surface area contributed by atoms with Crippen LogP contribution in [0.5, 0.6) is 0 Å². The van der Waals surface area contributed by atoms with Crippen molar-refractivity contribution in [3.8, 4) is 0 Å². The number of aryl methyl sites for hydroxylation is 1. The average Bonchev–Trinajstić information content (AvgIpc) is 2.22. The van der Waals surface area contributed by atoms with E-state index in [9.17, 15) is 0 Å². The molecule has 17 heavy (non-hydrogen) atoms. The van der Waals surface area contributed by atoms with Crippen molar-refractivity contribution in [3.63, 3.8) is 0 Å². The zero-order valence-corrected chi connectivity index (χ0v) is 12.2. The van der Waals surface area contributed by atoms with Gasteiger partial charge >= 0.3 is 0 Å². The highest BCUT2D eigenvalue weighted by atomic mass is 79.9. The highest BCUT2D eigenvalue weighted by Crippen LogP contribution is 2.32. The Labute approximate surface area is 116 Å². The molecule has 0 radical (unpaired) electrons. The molecule has 0 bridgehead atoms. The van der Waals surface area contributed by atoms with E-state index >= 15 is 0 Å². The Morgan fingerprint density at radius 2 is 1.82 bits per heavy atom. The van der Waals surface area contributed by atoms with E-state index in [0.29, 0.717) is 5.82 Å². The molecule has 3 N–H and O–H groups in total. The van der Waals surface area contributed by atoms with Crippen molar-refractivity contribution in [2.45, 2.75) is 6.92 Å². The molecule has 1 aromatic carbocycles. The van der Waals surface area contributed by atoms with E-state index in [2.05, 4.69) is 47.1 Å². The van der Waals surface area contributed by atoms with Crippen LogP contribution in [0.2, 0.25) is 0 Å². The van der Waals surface area contributed by atoms with Crippen LogP contribution >= 0.6 is 31.9 Å². The molecule has 0 aliphatic rings. The van der Waals surface area contributed by atoms with E-state index in [0.717, 1.165) is 20.3 Å². The summed E-state index contributed by atoms with van der Waals surface area (Å²) in [5, 5.41) is 3.20. The molecule has 0 atom stereocenters. The van der Waals surface area contributed by atoms with E-state index in [1.165, 1.54) is 0 Å². The van der Waals surface area contributed by atoms with Gasteiger partial charge in [-0.2, -0.15) is 4.98 Å². The molecule has 0 spiro atoms. The second-order valence-corrected chi connectivity index (χ2v) is 5.18. The zero-order chi connectivity index (χ0) is 12.4. The van der Waals surface area contributed by atoms with Crippen LogP contribution in [0.15, 0.2) is 33.2 Å². The van der Waals surface area contributed by atoms with Crippen molar-refractivity contribution in [3.05, 3.63) is 38.9 Å². The first-order chi connectivity index (χ1) is 8.06. The van der Waals surface area contributed by atoms with Crippen LogP contribution in [0.4, 0.5) is 17.5 Å². The maximum absolute atomic E-state index is 5.60. The third-order valence-electron chi connectivity index (χ3n) is 2.09. The molecule has 0 aliphatic carbocycles. The van der Waals surface area contributed by atoms with Gasteiger partial charge in [0.25, 0.3) is 0 Å². The summed E-state index contributed by atoms with van der Waals surface area (Å²) in [5.41, 5.74) is 7.33. The van der Waals surface area contributed by atoms with E-state index in [1.807, 2.05) is 31.2 Å². The summed E-state index contributed by atoms with van der Waals surface area (Å²) in [6.45, 7) is 1.87. The standard InChI is InChI=1S/C11H10Br2N4/c1-6-5-9(17-11(14)15-6)16-10-7(12)3-2-4-8(10)13/h2-5H,1H3,(H3,14,15,16,17). The lowest BCUT2D eigenvalue weighted by Gasteiger charge is -2.10. The number of anilines is 3. The van der Waals surface area contributed by atoms with Gasteiger partial charge in [0.1, 0.15) is 5.82 Å². The topological polar surface area (TPSA) is 63.8 Å². The number of halogens is 2. The van der Waals surface area contributed by atoms with Crippen LogP contribution in [-0.2, 0) is 0 Å². The molecule has 1 aromatic heterocycles. The summed E-state index contributed by atoms with van der Waals surface area (Å²) in [4.78, 5) is 8.15. The SMILES string of the molecule is Cc1cc(Nc2c(Br)cccc2Br)nc(N)n1. The predicted molar refractivity (Wildman–Crippen MR) is 76.3 cm³/mol. The molecule has 0 amide bonds. The molecule has 0 unspecified atom stereocenters. The Hall–Kier alpha value is -1.14. The van der Waals surface area contributed by atoms with Crippen LogP contribution in [0, 0.1) is 6.92 Å². The fourth-order valence-electron chi connectivity index (χ4n) is 1.40. The van der Waals surface area contributed by atoms with E-state index in [1.54, 1.807) is 0 Å². The number of aromatic nitrogens is 2. The number of hydrogen-bond acceptors (Lipinski definition) is 4. The van der Waals surface area contributed by atoms with Gasteiger partial charge in [-0.15, -0.1) is 0 Å². The Kier molecular flexibility index (Phi) is 3.63. The van der Waals surface area contributed by atoms with Crippen LogP contribution < -0.4 is 11.1 Å². The first kappa shape index (κ1) is 12.3. The summed E-state index contributed by atoms with van der Waals surface area (Å²) in [7, 11) is 0. The highest BCUT2D eigenvalue weighted by Gasteiger charge is 2.06. The van der Waals surface area contributed by atoms with Crippen molar-refractivity contribution in [1.29, 1.82) is 0 Å². The van der Waals surface area contributed by atoms with Crippen LogP contribution in [0.25, 0.3) is 0 Å². The lowest BCUT2D eigenvalue weighted by molar-refractivity contribution is 1.12. The number of nitrogens with two attached hydrogens (primary N) is 1. The molecule has 88 valence electrons. The minimum absolute atomic E-state index is 0.260. The fourth-order valence-corrected chi connectivity index (χ4v) is 2.60. The van der Waals surface area contributed by atoms with Crippen LogP contribution in [0.3, 0.4) is 0 Å². The second-order valence-electron chi connectivity index (χ2n) is 3.47. The van der Waals surface area contributed by atoms with Gasteiger partial charge in [0, 0.05) is 20.7 Å². The van der Waals surface area contributed by atoms with Crippen molar-refractivity contribution in [2.75, 3.05) is 11.1 Å². The lowest BCUT2D eigenvalue weighted by atomic mass is 10.3. The summed E-state index contributed by atoms with van der Waals surface area (Å²) in [6, 6.07) is 7.68. The molecule has 1 heterocycles. The van der Waals surface area contributed by atoms with Crippen molar-refractivity contribution in [1.82, 2.24) is 9.97 Å². The van der Waals surface area contributed by atoms with E-state index in [4.69, 9.17) is 5.73 Å². The molecule has 2 aromatic rings. The Bertz CT molecular complexity index is 517. The fraction of sp³-hybridized carbons (Fsp3) is 0.0909. The number of hydrogen-bond donors (Lipinski definition) is 2. The van der Waals surface area contributed by atoms with Gasteiger partial charge < -0.3 is 11.1 Å². The van der Waals surface area contributed by atoms with E-state index < -0.39 is 0 Å². The van der Waals surface area contributed by atoms with Gasteiger partial charge in [-0.05, 0) is 50.9 Å². The third kappa shape index (κ3) is 2.95. The van der Waals surface area contributed by atoms with Crippen LogP contribution in [0.1, 0.15) is 5.69 Å². The van der Waals surface area contributed by atoms with Gasteiger partial charge in [0.15, 0.2) is 0 Å². The Morgan fingerprint density at radius 3 is 2.41 bits per heavy atom. The van der Waals surface area contributed by atoms with Gasteiger partial charge in [0.2, 0.25) is 5.95 Å². The summed E-state index contributed by atoms with van der Waals surface area (Å²) >= 11 is 6.95. The summed E-state index contributed by atoms with van der Waals surface area (Å²) < 4.78 is 1.89. The smallest absolute Gasteiger partial charge is 0.222 e. The maximum Gasteiger partial charge on any atom is 0.222 e. The zero-order valence-electron chi connectivity index (χ0n) is 9.04. The van der Waals surface area contributed by atoms with E-state index in [-0.39, 0.29) is 5.95 Å². The van der Waals surface area contributed by atoms with Crippen molar-refractivity contribution in [2.24, 2.45) is 0 Å². The molecule has 6 heteroatoms. The molecule has 2 rings (SSSR count). The predicted octanol–water partition coefficient (Wildman–Crippen LogP) is 3.64. The lowest BCUT2D eigenvalue weighted by Crippen LogP contribution is -2.02. The second kappa shape index (κ2) is 5.01.